The highest BCUT2D eigenvalue weighted by molar-refractivity contribution is 5.85. The normalized spacial score (nSPS) is 17.2. The van der Waals surface area contributed by atoms with Crippen molar-refractivity contribution in [3.05, 3.63) is 40.2 Å². The molecule has 1 aromatic carbocycles. The van der Waals surface area contributed by atoms with Gasteiger partial charge >= 0.3 is 5.63 Å². The fourth-order valence-corrected chi connectivity index (χ4v) is 2.93. The Morgan fingerprint density at radius 1 is 1.38 bits per heavy atom. The SMILES string of the molecule is Cc1cc(=O)oc2cc(OCC(=O)N3CCC[C@H]3C(=O)[O-])ccc12. The first-order valence-electron chi connectivity index (χ1n) is 7.63. The minimum atomic E-state index is -1.25. The largest absolute Gasteiger partial charge is 0.548 e. The number of carboxylic acid groups (broad SMARTS) is 1. The molecule has 0 saturated carbocycles. The first-order chi connectivity index (χ1) is 11.5. The third-order valence-electron chi connectivity index (χ3n) is 4.13. The number of nitrogens with zero attached hydrogens (tertiary/aromatic N) is 1. The van der Waals surface area contributed by atoms with Crippen LogP contribution < -0.4 is 15.5 Å². The van der Waals surface area contributed by atoms with Gasteiger partial charge in [-0.15, -0.1) is 0 Å². The van der Waals surface area contributed by atoms with E-state index >= 15 is 0 Å². The molecule has 0 N–H and O–H groups in total. The van der Waals surface area contributed by atoms with Gasteiger partial charge in [0.25, 0.3) is 5.91 Å². The molecule has 1 aromatic heterocycles. The lowest BCUT2D eigenvalue weighted by Crippen LogP contribution is -2.48. The van der Waals surface area contributed by atoms with E-state index in [9.17, 15) is 19.5 Å². The second kappa shape index (κ2) is 6.35. The summed E-state index contributed by atoms with van der Waals surface area (Å²) in [5.74, 6) is -1.29. The molecule has 2 heterocycles. The molecule has 0 radical (unpaired) electrons. The molecule has 1 fully saturated rings. The molecule has 7 heteroatoms. The lowest BCUT2D eigenvalue weighted by atomic mass is 10.1. The monoisotopic (exact) mass is 330 g/mol. The maximum Gasteiger partial charge on any atom is 0.336 e. The number of hydrogen-bond donors (Lipinski definition) is 0. The molecule has 0 unspecified atom stereocenters. The van der Waals surface area contributed by atoms with Crippen molar-refractivity contribution >= 4 is 22.8 Å². The molecule has 1 saturated heterocycles. The van der Waals surface area contributed by atoms with Gasteiger partial charge in [0.1, 0.15) is 11.3 Å². The number of rotatable bonds is 4. The van der Waals surface area contributed by atoms with E-state index in [2.05, 4.69) is 0 Å². The predicted molar refractivity (Wildman–Crippen MR) is 82.5 cm³/mol. The number of carbonyl (C=O) groups is 2. The molecule has 0 spiro atoms. The lowest BCUT2D eigenvalue weighted by Gasteiger charge is -2.25. The fraction of sp³-hybridized carbons (Fsp3) is 0.353. The topological polar surface area (TPSA) is 99.9 Å². The highest BCUT2D eigenvalue weighted by Crippen LogP contribution is 2.23. The minimum absolute atomic E-state index is 0.286. The average Bonchev–Trinajstić information content (AvgIpc) is 3.02. The Balaban J connectivity index is 1.72. The Bertz CT molecular complexity index is 856. The summed E-state index contributed by atoms with van der Waals surface area (Å²) in [5.41, 5.74) is 0.707. The van der Waals surface area contributed by atoms with Crippen molar-refractivity contribution < 1.29 is 23.8 Å². The molecular formula is C17H16NO6-. The van der Waals surface area contributed by atoms with E-state index in [1.165, 1.54) is 17.0 Å². The Kier molecular flexibility index (Phi) is 4.24. The zero-order valence-corrected chi connectivity index (χ0v) is 13.1. The van der Waals surface area contributed by atoms with Crippen molar-refractivity contribution in [2.75, 3.05) is 13.2 Å². The Labute approximate surface area is 137 Å². The van der Waals surface area contributed by atoms with Crippen molar-refractivity contribution in [2.45, 2.75) is 25.8 Å². The summed E-state index contributed by atoms with van der Waals surface area (Å²) in [6.45, 7) is 1.90. The number of ether oxygens (including phenoxy) is 1. The zero-order valence-electron chi connectivity index (χ0n) is 13.1. The highest BCUT2D eigenvalue weighted by Gasteiger charge is 2.29. The maximum atomic E-state index is 12.1. The van der Waals surface area contributed by atoms with Crippen LogP contribution in [0.4, 0.5) is 0 Å². The second-order valence-electron chi connectivity index (χ2n) is 5.76. The fourth-order valence-electron chi connectivity index (χ4n) is 2.93. The van der Waals surface area contributed by atoms with Crippen molar-refractivity contribution in [1.82, 2.24) is 4.90 Å². The summed E-state index contributed by atoms with van der Waals surface area (Å²) in [4.78, 5) is 35.8. The predicted octanol–water partition coefficient (Wildman–Crippen LogP) is 0.221. The number of fused-ring (bicyclic) bond motifs is 1. The summed E-state index contributed by atoms with van der Waals surface area (Å²) >= 11 is 0. The number of carbonyl (C=O) groups excluding carboxylic acids is 2. The van der Waals surface area contributed by atoms with Gasteiger partial charge in [-0.2, -0.15) is 0 Å². The summed E-state index contributed by atoms with van der Waals surface area (Å²) < 4.78 is 10.6. The van der Waals surface area contributed by atoms with E-state index in [0.29, 0.717) is 30.7 Å². The minimum Gasteiger partial charge on any atom is -0.548 e. The van der Waals surface area contributed by atoms with E-state index < -0.39 is 23.5 Å². The summed E-state index contributed by atoms with van der Waals surface area (Å²) in [6.07, 6.45) is 1.03. The van der Waals surface area contributed by atoms with Crippen molar-refractivity contribution in [1.29, 1.82) is 0 Å². The molecule has 0 bridgehead atoms. The zero-order chi connectivity index (χ0) is 17.3. The van der Waals surface area contributed by atoms with E-state index in [-0.39, 0.29) is 6.61 Å². The van der Waals surface area contributed by atoms with E-state index in [1.807, 2.05) is 0 Å². The molecule has 1 amide bonds. The summed E-state index contributed by atoms with van der Waals surface area (Å²) in [6, 6.07) is 5.46. The van der Waals surface area contributed by atoms with Gasteiger partial charge in [-0.1, -0.05) is 0 Å². The van der Waals surface area contributed by atoms with Gasteiger partial charge in [-0.3, -0.25) is 4.79 Å². The Hall–Kier alpha value is -2.83. The number of aliphatic carboxylic acids is 1. The number of hydrogen-bond acceptors (Lipinski definition) is 6. The standard InChI is InChI=1S/C17H17NO6/c1-10-7-16(20)24-14-8-11(4-5-12(10)14)23-9-15(19)18-6-2-3-13(18)17(21)22/h4-5,7-8,13H,2-3,6,9H2,1H3,(H,21,22)/p-1/t13-/m0/s1. The van der Waals surface area contributed by atoms with E-state index in [4.69, 9.17) is 9.15 Å². The number of amides is 1. The van der Waals surface area contributed by atoms with Crippen LogP contribution >= 0.6 is 0 Å². The van der Waals surface area contributed by atoms with Crippen LogP contribution in [0.3, 0.4) is 0 Å². The Morgan fingerprint density at radius 2 is 2.17 bits per heavy atom. The van der Waals surface area contributed by atoms with Crippen LogP contribution in [-0.2, 0) is 9.59 Å². The molecular weight excluding hydrogens is 314 g/mol. The number of benzene rings is 1. The van der Waals surface area contributed by atoms with Crippen LogP contribution in [0.2, 0.25) is 0 Å². The number of likely N-dealkylation sites (tertiary alicyclic amines) is 1. The average molecular weight is 330 g/mol. The van der Waals surface area contributed by atoms with Crippen molar-refractivity contribution in [3.63, 3.8) is 0 Å². The van der Waals surface area contributed by atoms with Crippen LogP contribution in [0.1, 0.15) is 18.4 Å². The molecule has 1 aliphatic rings. The highest BCUT2D eigenvalue weighted by atomic mass is 16.5. The van der Waals surface area contributed by atoms with Gasteiger partial charge in [-0.25, -0.2) is 4.79 Å². The summed E-state index contributed by atoms with van der Waals surface area (Å²) in [7, 11) is 0. The third-order valence-corrected chi connectivity index (χ3v) is 4.13. The molecule has 0 aliphatic carbocycles. The van der Waals surface area contributed by atoms with Gasteiger partial charge in [0.05, 0.1) is 12.0 Å². The lowest BCUT2D eigenvalue weighted by molar-refractivity contribution is -0.310. The molecule has 1 aliphatic heterocycles. The molecule has 1 atom stereocenters. The number of aryl methyl sites for hydroxylation is 1. The van der Waals surface area contributed by atoms with Crippen LogP contribution in [0, 0.1) is 6.92 Å². The molecule has 3 rings (SSSR count). The van der Waals surface area contributed by atoms with Crippen molar-refractivity contribution in [2.24, 2.45) is 0 Å². The van der Waals surface area contributed by atoms with Crippen LogP contribution in [0.25, 0.3) is 11.0 Å². The van der Waals surface area contributed by atoms with E-state index in [1.54, 1.807) is 19.1 Å². The number of carboxylic acids is 1. The first-order valence-corrected chi connectivity index (χ1v) is 7.63. The van der Waals surface area contributed by atoms with Gasteiger partial charge in [0, 0.05) is 24.1 Å². The maximum absolute atomic E-state index is 12.1. The van der Waals surface area contributed by atoms with Crippen LogP contribution in [-0.4, -0.2) is 36.0 Å². The van der Waals surface area contributed by atoms with Crippen LogP contribution in [0.5, 0.6) is 5.75 Å². The quantitative estimate of drug-likeness (QED) is 0.744. The van der Waals surface area contributed by atoms with Gasteiger partial charge in [0.15, 0.2) is 6.61 Å². The third kappa shape index (κ3) is 3.10. The molecule has 126 valence electrons. The summed E-state index contributed by atoms with van der Waals surface area (Å²) in [5, 5.41) is 11.8. The van der Waals surface area contributed by atoms with Gasteiger partial charge in [0.2, 0.25) is 0 Å². The molecule has 24 heavy (non-hydrogen) atoms. The molecule has 7 nitrogen and oxygen atoms in total. The molecule has 2 aromatic rings. The Morgan fingerprint density at radius 3 is 2.92 bits per heavy atom. The first kappa shape index (κ1) is 16.0. The van der Waals surface area contributed by atoms with Crippen LogP contribution in [0.15, 0.2) is 33.5 Å². The van der Waals surface area contributed by atoms with E-state index in [0.717, 1.165) is 10.9 Å². The second-order valence-corrected chi connectivity index (χ2v) is 5.76. The van der Waals surface area contributed by atoms with Gasteiger partial charge < -0.3 is 24.0 Å². The van der Waals surface area contributed by atoms with Crippen molar-refractivity contribution in [3.8, 4) is 5.75 Å². The smallest absolute Gasteiger partial charge is 0.336 e. The van der Waals surface area contributed by atoms with Gasteiger partial charge in [-0.05, 0) is 37.5 Å².